The van der Waals surface area contributed by atoms with Crippen molar-refractivity contribution in [3.63, 3.8) is 0 Å². The lowest BCUT2D eigenvalue weighted by Gasteiger charge is -2.31. The third kappa shape index (κ3) is 3.99. The predicted molar refractivity (Wildman–Crippen MR) is 123 cm³/mol. The maximum atomic E-state index is 12.3. The molecule has 0 aliphatic carbocycles. The molecular weight excluding hydrogens is 450 g/mol. The summed E-state index contributed by atoms with van der Waals surface area (Å²) in [6.45, 7) is 0.827. The Morgan fingerprint density at radius 1 is 1.22 bits per heavy atom. The Morgan fingerprint density at radius 2 is 1.94 bits per heavy atom. The van der Waals surface area contributed by atoms with Crippen LogP contribution in [0.3, 0.4) is 0 Å². The molecule has 2 heterocycles. The molecule has 1 aliphatic rings. The van der Waals surface area contributed by atoms with Crippen LogP contribution in [0.2, 0.25) is 5.02 Å². The van der Waals surface area contributed by atoms with Gasteiger partial charge in [0.15, 0.2) is 0 Å². The lowest BCUT2D eigenvalue weighted by atomic mass is 10.0. The van der Waals surface area contributed by atoms with Crippen LogP contribution in [0.4, 0.5) is 0 Å². The van der Waals surface area contributed by atoms with E-state index in [2.05, 4.69) is 6.07 Å². The quantitative estimate of drug-likeness (QED) is 0.531. The highest BCUT2D eigenvalue weighted by atomic mass is 35.5. The summed E-state index contributed by atoms with van der Waals surface area (Å²) >= 11 is 6.72. The summed E-state index contributed by atoms with van der Waals surface area (Å²) in [6, 6.07) is 13.0. The molecule has 0 spiro atoms. The normalized spacial score (nSPS) is 15.6. The number of rotatable bonds is 4. The molecule has 0 amide bonds. The highest BCUT2D eigenvalue weighted by molar-refractivity contribution is 7.88. The average molecular weight is 472 g/mol. The van der Waals surface area contributed by atoms with Gasteiger partial charge in [0.25, 0.3) is 0 Å². The van der Waals surface area contributed by atoms with E-state index in [1.165, 1.54) is 17.7 Å². The molecule has 0 atom stereocenters. The minimum Gasteiger partial charge on any atom is -0.465 e. The molecule has 32 heavy (non-hydrogen) atoms. The van der Waals surface area contributed by atoms with Gasteiger partial charge >= 0.3 is 5.97 Å². The fourth-order valence-electron chi connectivity index (χ4n) is 4.30. The van der Waals surface area contributed by atoms with Crippen molar-refractivity contribution in [1.29, 1.82) is 5.26 Å². The molecule has 0 bridgehead atoms. The Balaban J connectivity index is 1.87. The molecule has 4 rings (SSSR count). The minimum absolute atomic E-state index is 0.00814. The number of hydrogen-bond acceptors (Lipinski definition) is 5. The van der Waals surface area contributed by atoms with Gasteiger partial charge in [-0.2, -0.15) is 5.26 Å². The van der Waals surface area contributed by atoms with Crippen LogP contribution in [0, 0.1) is 11.3 Å². The first-order valence-corrected chi connectivity index (χ1v) is 12.3. The molecule has 1 fully saturated rings. The molecule has 0 unspecified atom stereocenters. The van der Waals surface area contributed by atoms with Crippen molar-refractivity contribution in [3.8, 4) is 17.2 Å². The number of hydrogen-bond donors (Lipinski definition) is 0. The van der Waals surface area contributed by atoms with E-state index in [0.717, 1.165) is 16.5 Å². The zero-order valence-corrected chi connectivity index (χ0v) is 19.3. The maximum absolute atomic E-state index is 12.3. The molecule has 9 heteroatoms. The highest BCUT2D eigenvalue weighted by Gasteiger charge is 2.28. The molecule has 166 valence electrons. The molecular formula is C23H22ClN3O4S. The molecule has 7 nitrogen and oxygen atoms in total. The molecule has 0 saturated carbocycles. The fourth-order valence-corrected chi connectivity index (χ4v) is 5.52. The topological polar surface area (TPSA) is 92.4 Å². The number of benzene rings is 2. The summed E-state index contributed by atoms with van der Waals surface area (Å²) < 4.78 is 32.2. The molecule has 0 N–H and O–H groups in total. The summed E-state index contributed by atoms with van der Waals surface area (Å²) in [5.41, 5.74) is 3.27. The van der Waals surface area contributed by atoms with Gasteiger partial charge in [-0.15, -0.1) is 0 Å². The van der Waals surface area contributed by atoms with Crippen LogP contribution >= 0.6 is 11.6 Å². The Labute approximate surface area is 191 Å². The number of halogens is 1. The Kier molecular flexibility index (Phi) is 5.99. The lowest BCUT2D eigenvalue weighted by molar-refractivity contribution is 0.0601. The van der Waals surface area contributed by atoms with E-state index in [4.69, 9.17) is 16.3 Å². The minimum atomic E-state index is -3.24. The first-order valence-electron chi connectivity index (χ1n) is 10.1. The van der Waals surface area contributed by atoms with Crippen molar-refractivity contribution in [2.24, 2.45) is 0 Å². The van der Waals surface area contributed by atoms with Gasteiger partial charge in [-0.05, 0) is 36.6 Å². The number of nitrogens with zero attached hydrogens (tertiary/aromatic N) is 3. The van der Waals surface area contributed by atoms with Gasteiger partial charge in [-0.1, -0.05) is 29.8 Å². The zero-order chi connectivity index (χ0) is 23.0. The van der Waals surface area contributed by atoms with Gasteiger partial charge in [0.05, 0.1) is 41.1 Å². The monoisotopic (exact) mass is 471 g/mol. The largest absolute Gasteiger partial charge is 0.465 e. The van der Waals surface area contributed by atoms with Crippen LogP contribution in [-0.4, -0.2) is 49.7 Å². The molecule has 2 aromatic carbocycles. The van der Waals surface area contributed by atoms with E-state index in [1.54, 1.807) is 12.1 Å². The molecule has 1 saturated heterocycles. The number of aromatic nitrogens is 1. The van der Waals surface area contributed by atoms with Crippen molar-refractivity contribution in [3.05, 3.63) is 58.7 Å². The van der Waals surface area contributed by atoms with Gasteiger partial charge in [-0.25, -0.2) is 17.5 Å². The standard InChI is InChI=1S/C23H22ClN3O4S/c1-31-23(28)19-7-6-18-20(16-5-3-4-15(12-16)13-25)14-27(22(18)21(19)24)17-8-10-26(11-9-17)32(2,29)30/h3-7,12,14,17H,8-11H2,1-2H3. The van der Waals surface area contributed by atoms with E-state index in [9.17, 15) is 18.5 Å². The summed E-state index contributed by atoms with van der Waals surface area (Å²) in [5, 5.41) is 10.5. The predicted octanol–water partition coefficient (Wildman–Crippen LogP) is 4.22. The van der Waals surface area contributed by atoms with Gasteiger partial charge in [-0.3, -0.25) is 0 Å². The Bertz CT molecular complexity index is 1350. The van der Waals surface area contributed by atoms with Crippen molar-refractivity contribution in [2.45, 2.75) is 18.9 Å². The van der Waals surface area contributed by atoms with Crippen molar-refractivity contribution in [2.75, 3.05) is 26.5 Å². The van der Waals surface area contributed by atoms with Crippen LogP contribution in [0.25, 0.3) is 22.0 Å². The van der Waals surface area contributed by atoms with Crippen molar-refractivity contribution in [1.82, 2.24) is 8.87 Å². The number of ether oxygens (including phenoxy) is 1. The van der Waals surface area contributed by atoms with Gasteiger partial charge in [0, 0.05) is 36.3 Å². The zero-order valence-electron chi connectivity index (χ0n) is 17.7. The molecule has 1 aliphatic heterocycles. The molecule has 0 radical (unpaired) electrons. The highest BCUT2D eigenvalue weighted by Crippen LogP contribution is 2.40. The number of sulfonamides is 1. The number of methoxy groups -OCH3 is 1. The maximum Gasteiger partial charge on any atom is 0.339 e. The first-order chi connectivity index (χ1) is 15.2. The number of piperidine rings is 1. The van der Waals surface area contributed by atoms with Crippen LogP contribution in [0.1, 0.15) is 34.8 Å². The third-order valence-electron chi connectivity index (χ3n) is 5.93. The van der Waals surface area contributed by atoms with Gasteiger partial charge < -0.3 is 9.30 Å². The summed E-state index contributed by atoms with van der Waals surface area (Å²) in [7, 11) is -1.94. The Hall–Kier alpha value is -2.86. The molecule has 1 aromatic heterocycles. The first kappa shape index (κ1) is 22.3. The number of carbonyl (C=O) groups excluding carboxylic acids is 1. The van der Waals surface area contributed by atoms with E-state index in [0.29, 0.717) is 42.0 Å². The van der Waals surface area contributed by atoms with Crippen LogP contribution < -0.4 is 0 Å². The van der Waals surface area contributed by atoms with Crippen LogP contribution in [-0.2, 0) is 14.8 Å². The Morgan fingerprint density at radius 3 is 2.56 bits per heavy atom. The smallest absolute Gasteiger partial charge is 0.339 e. The average Bonchev–Trinajstić information content (AvgIpc) is 3.19. The summed E-state index contributed by atoms with van der Waals surface area (Å²) in [4.78, 5) is 12.3. The van der Waals surface area contributed by atoms with Gasteiger partial charge in [0.1, 0.15) is 0 Å². The lowest BCUT2D eigenvalue weighted by Crippen LogP contribution is -2.38. The van der Waals surface area contributed by atoms with Crippen LogP contribution in [0.5, 0.6) is 0 Å². The summed E-state index contributed by atoms with van der Waals surface area (Å²) in [6.07, 6.45) is 4.44. The second kappa shape index (κ2) is 8.58. The number of carbonyl (C=O) groups is 1. The fraction of sp³-hybridized carbons (Fsp3) is 0.304. The van der Waals surface area contributed by atoms with E-state index in [-0.39, 0.29) is 11.6 Å². The molecule has 3 aromatic rings. The van der Waals surface area contributed by atoms with E-state index in [1.807, 2.05) is 35.0 Å². The van der Waals surface area contributed by atoms with Gasteiger partial charge in [0.2, 0.25) is 10.0 Å². The number of fused-ring (bicyclic) bond motifs is 1. The van der Waals surface area contributed by atoms with E-state index >= 15 is 0 Å². The second-order valence-corrected chi connectivity index (χ2v) is 10.2. The second-order valence-electron chi connectivity index (χ2n) is 7.85. The SMILES string of the molecule is COC(=O)c1ccc2c(-c3cccc(C#N)c3)cn(C3CCN(S(C)(=O)=O)CC3)c2c1Cl. The third-order valence-corrected chi connectivity index (χ3v) is 7.61. The number of nitriles is 1. The van der Waals surface area contributed by atoms with E-state index < -0.39 is 16.0 Å². The summed E-state index contributed by atoms with van der Waals surface area (Å²) in [5.74, 6) is -0.524. The van der Waals surface area contributed by atoms with Crippen LogP contribution in [0.15, 0.2) is 42.6 Å². The number of esters is 1. The van der Waals surface area contributed by atoms with Crippen molar-refractivity contribution < 1.29 is 17.9 Å². The van der Waals surface area contributed by atoms with Crippen molar-refractivity contribution >= 4 is 38.5 Å².